The topological polar surface area (TPSA) is 37.3 Å². The van der Waals surface area contributed by atoms with Crippen molar-refractivity contribution in [3.8, 4) is 0 Å². The largest absolute Gasteiger partial charge is 0.478 e. The lowest BCUT2D eigenvalue weighted by atomic mass is 10.2. The molecule has 0 aliphatic rings. The molecule has 0 radical (unpaired) electrons. The van der Waals surface area contributed by atoms with E-state index in [1.165, 1.54) is 11.8 Å². The Morgan fingerprint density at radius 1 is 1.11 bits per heavy atom. The lowest BCUT2D eigenvalue weighted by molar-refractivity contribution is 0.0697. The molecule has 0 aliphatic carbocycles. The van der Waals surface area contributed by atoms with Crippen LogP contribution in [0.4, 0.5) is 0 Å². The van der Waals surface area contributed by atoms with E-state index in [-0.39, 0.29) is 10.6 Å². The molecule has 0 bridgehead atoms. The molecule has 0 aliphatic heterocycles. The molecule has 2 aromatic carbocycles. The Kier molecular flexibility index (Phi) is 4.75. The van der Waals surface area contributed by atoms with Crippen molar-refractivity contribution in [2.45, 2.75) is 10.6 Å². The fourth-order valence-electron chi connectivity index (χ4n) is 1.53. The van der Waals surface area contributed by atoms with Gasteiger partial charge in [0.25, 0.3) is 0 Å². The number of rotatable bonds is 4. The summed E-state index contributed by atoms with van der Waals surface area (Å²) in [5.74, 6) is -0.342. The van der Waals surface area contributed by atoms with Crippen molar-refractivity contribution in [1.29, 1.82) is 0 Å². The fourth-order valence-corrected chi connectivity index (χ4v) is 2.95. The number of benzene rings is 2. The van der Waals surface area contributed by atoms with Gasteiger partial charge in [0.15, 0.2) is 0 Å². The highest BCUT2D eigenvalue weighted by molar-refractivity contribution is 7.98. The van der Waals surface area contributed by atoms with Gasteiger partial charge < -0.3 is 5.11 Å². The molecule has 2 rings (SSSR count). The van der Waals surface area contributed by atoms with Gasteiger partial charge in [-0.15, -0.1) is 11.8 Å². The van der Waals surface area contributed by atoms with Crippen LogP contribution in [0.2, 0.25) is 10.0 Å². The van der Waals surface area contributed by atoms with Crippen LogP contribution in [0.1, 0.15) is 15.9 Å². The average molecular weight is 313 g/mol. The van der Waals surface area contributed by atoms with Crippen LogP contribution in [0.15, 0.2) is 47.4 Å². The van der Waals surface area contributed by atoms with Gasteiger partial charge in [-0.25, -0.2) is 4.79 Å². The SMILES string of the molecule is O=C(O)c1cc(SCc2ccccc2Cl)ccc1Cl. The first kappa shape index (κ1) is 14.3. The average Bonchev–Trinajstić information content (AvgIpc) is 2.39. The standard InChI is InChI=1S/C14H10Cl2O2S/c15-12-4-2-1-3-9(12)8-19-10-5-6-13(16)11(7-10)14(17)18/h1-7H,8H2,(H,17,18). The predicted molar refractivity (Wildman–Crippen MR) is 79.4 cm³/mol. The van der Waals surface area contributed by atoms with E-state index in [4.69, 9.17) is 28.3 Å². The van der Waals surface area contributed by atoms with E-state index in [2.05, 4.69) is 0 Å². The number of carboxylic acids is 1. The molecule has 0 saturated heterocycles. The second kappa shape index (κ2) is 6.33. The van der Waals surface area contributed by atoms with Crippen LogP contribution in [0.25, 0.3) is 0 Å². The summed E-state index contributed by atoms with van der Waals surface area (Å²) >= 11 is 13.4. The molecule has 0 spiro atoms. The molecule has 0 fully saturated rings. The van der Waals surface area contributed by atoms with Crippen LogP contribution in [-0.2, 0) is 5.75 Å². The minimum absolute atomic E-state index is 0.117. The second-order valence-corrected chi connectivity index (χ2v) is 5.69. The third-order valence-electron chi connectivity index (χ3n) is 2.52. The summed E-state index contributed by atoms with van der Waals surface area (Å²) in [7, 11) is 0. The number of hydrogen-bond acceptors (Lipinski definition) is 2. The van der Waals surface area contributed by atoms with Gasteiger partial charge in [0.1, 0.15) is 0 Å². The van der Waals surface area contributed by atoms with Crippen LogP contribution < -0.4 is 0 Å². The normalized spacial score (nSPS) is 10.4. The van der Waals surface area contributed by atoms with E-state index < -0.39 is 5.97 Å². The highest BCUT2D eigenvalue weighted by Gasteiger charge is 2.10. The summed E-state index contributed by atoms with van der Waals surface area (Å²) in [4.78, 5) is 11.8. The van der Waals surface area contributed by atoms with E-state index in [0.717, 1.165) is 10.5 Å². The molecule has 0 amide bonds. The molecule has 1 N–H and O–H groups in total. The maximum Gasteiger partial charge on any atom is 0.337 e. The molecular weight excluding hydrogens is 303 g/mol. The highest BCUT2D eigenvalue weighted by Crippen LogP contribution is 2.29. The third kappa shape index (κ3) is 3.66. The van der Waals surface area contributed by atoms with E-state index in [0.29, 0.717) is 10.8 Å². The van der Waals surface area contributed by atoms with Crippen molar-refractivity contribution in [3.05, 3.63) is 63.6 Å². The smallest absolute Gasteiger partial charge is 0.337 e. The van der Waals surface area contributed by atoms with E-state index in [9.17, 15) is 4.79 Å². The number of hydrogen-bond donors (Lipinski definition) is 1. The Balaban J connectivity index is 2.14. The molecule has 2 aromatic rings. The van der Waals surface area contributed by atoms with Crippen molar-refractivity contribution in [1.82, 2.24) is 0 Å². The van der Waals surface area contributed by atoms with Crippen molar-refractivity contribution in [2.24, 2.45) is 0 Å². The van der Waals surface area contributed by atoms with Gasteiger partial charge >= 0.3 is 5.97 Å². The number of carboxylic acid groups (broad SMARTS) is 1. The van der Waals surface area contributed by atoms with E-state index >= 15 is 0 Å². The predicted octanol–water partition coefficient (Wildman–Crippen LogP) is 4.98. The Morgan fingerprint density at radius 2 is 1.84 bits per heavy atom. The van der Waals surface area contributed by atoms with Crippen LogP contribution in [0, 0.1) is 0 Å². The van der Waals surface area contributed by atoms with Crippen molar-refractivity contribution >= 4 is 40.9 Å². The first-order valence-corrected chi connectivity index (χ1v) is 7.21. The maximum atomic E-state index is 11.0. The summed E-state index contributed by atoms with van der Waals surface area (Å²) in [6.45, 7) is 0. The van der Waals surface area contributed by atoms with Crippen molar-refractivity contribution in [2.75, 3.05) is 0 Å². The van der Waals surface area contributed by atoms with Gasteiger partial charge in [-0.3, -0.25) is 0 Å². The molecule has 98 valence electrons. The first-order valence-electron chi connectivity index (χ1n) is 5.47. The number of carbonyl (C=O) groups is 1. The molecular formula is C14H10Cl2O2S. The summed E-state index contributed by atoms with van der Waals surface area (Å²) in [6, 6.07) is 12.6. The van der Waals surface area contributed by atoms with Crippen molar-refractivity contribution in [3.63, 3.8) is 0 Å². The van der Waals surface area contributed by atoms with Gasteiger partial charge in [0.05, 0.1) is 10.6 Å². The lowest BCUT2D eigenvalue weighted by Gasteiger charge is -2.06. The quantitative estimate of drug-likeness (QED) is 0.809. The molecule has 0 saturated carbocycles. The van der Waals surface area contributed by atoms with E-state index in [1.807, 2.05) is 24.3 Å². The minimum Gasteiger partial charge on any atom is -0.478 e. The maximum absolute atomic E-state index is 11.0. The van der Waals surface area contributed by atoms with Crippen LogP contribution in [0.5, 0.6) is 0 Å². The molecule has 0 atom stereocenters. The Labute approximate surface area is 125 Å². The van der Waals surface area contributed by atoms with Gasteiger partial charge in [0, 0.05) is 15.7 Å². The molecule has 0 heterocycles. The monoisotopic (exact) mass is 312 g/mol. The molecule has 5 heteroatoms. The Bertz CT molecular complexity index is 614. The summed E-state index contributed by atoms with van der Waals surface area (Å²) in [5.41, 5.74) is 1.13. The minimum atomic E-state index is -1.02. The molecule has 0 unspecified atom stereocenters. The highest BCUT2D eigenvalue weighted by atomic mass is 35.5. The van der Waals surface area contributed by atoms with Gasteiger partial charge in [0.2, 0.25) is 0 Å². The van der Waals surface area contributed by atoms with Crippen LogP contribution >= 0.6 is 35.0 Å². The summed E-state index contributed by atoms with van der Waals surface area (Å²) in [5, 5.41) is 9.96. The molecule has 2 nitrogen and oxygen atoms in total. The fraction of sp³-hybridized carbons (Fsp3) is 0.0714. The number of aromatic carboxylic acids is 1. The van der Waals surface area contributed by atoms with Crippen molar-refractivity contribution < 1.29 is 9.90 Å². The summed E-state index contributed by atoms with van der Waals surface area (Å²) < 4.78 is 0. The molecule has 0 aromatic heterocycles. The zero-order valence-corrected chi connectivity index (χ0v) is 12.1. The zero-order chi connectivity index (χ0) is 13.8. The van der Waals surface area contributed by atoms with Gasteiger partial charge in [-0.1, -0.05) is 41.4 Å². The lowest BCUT2D eigenvalue weighted by Crippen LogP contribution is -1.97. The first-order chi connectivity index (χ1) is 9.08. The number of halogens is 2. The van der Waals surface area contributed by atoms with Gasteiger partial charge in [-0.05, 0) is 29.8 Å². The van der Waals surface area contributed by atoms with Crippen LogP contribution in [0.3, 0.4) is 0 Å². The number of thioether (sulfide) groups is 1. The van der Waals surface area contributed by atoms with E-state index in [1.54, 1.807) is 18.2 Å². The zero-order valence-electron chi connectivity index (χ0n) is 9.77. The Hall–Kier alpha value is -1.16. The van der Waals surface area contributed by atoms with Gasteiger partial charge in [-0.2, -0.15) is 0 Å². The molecule has 19 heavy (non-hydrogen) atoms. The van der Waals surface area contributed by atoms with Crippen LogP contribution in [-0.4, -0.2) is 11.1 Å². The third-order valence-corrected chi connectivity index (χ3v) is 4.26. The second-order valence-electron chi connectivity index (χ2n) is 3.83. The Morgan fingerprint density at radius 3 is 2.53 bits per heavy atom. The summed E-state index contributed by atoms with van der Waals surface area (Å²) in [6.07, 6.45) is 0.